The van der Waals surface area contributed by atoms with Gasteiger partial charge in [0.2, 0.25) is 5.88 Å². The fourth-order valence-electron chi connectivity index (χ4n) is 1.82. The average Bonchev–Trinajstić information content (AvgIpc) is 2.47. The Kier molecular flexibility index (Phi) is 5.21. The molecule has 0 radical (unpaired) electrons. The molecule has 106 valence electrons. The van der Waals surface area contributed by atoms with E-state index < -0.39 is 0 Å². The third-order valence-corrected chi connectivity index (χ3v) is 2.99. The molecule has 0 saturated carbocycles. The van der Waals surface area contributed by atoms with Gasteiger partial charge in [0.05, 0.1) is 12.8 Å². The van der Waals surface area contributed by atoms with Crippen LogP contribution in [0, 0.1) is 0 Å². The highest BCUT2D eigenvalue weighted by Gasteiger charge is 2.05. The van der Waals surface area contributed by atoms with Crippen LogP contribution in [0.25, 0.3) is 0 Å². The van der Waals surface area contributed by atoms with E-state index in [2.05, 4.69) is 10.3 Å². The number of hydrogen-bond acceptors (Lipinski definition) is 4. The molecule has 1 N–H and O–H groups in total. The molecule has 1 aromatic heterocycles. The number of nitrogens with one attached hydrogen (secondary N) is 1. The summed E-state index contributed by atoms with van der Waals surface area (Å²) in [6.45, 7) is 1.08. The minimum Gasteiger partial charge on any atom is -0.487 e. The van der Waals surface area contributed by atoms with Crippen molar-refractivity contribution in [3.8, 4) is 11.6 Å². The lowest BCUT2D eigenvalue weighted by Crippen LogP contribution is -2.08. The smallest absolute Gasteiger partial charge is 0.213 e. The van der Waals surface area contributed by atoms with Crippen LogP contribution in [0.4, 0.5) is 0 Å². The van der Waals surface area contributed by atoms with Gasteiger partial charge < -0.3 is 14.8 Å². The zero-order valence-corrected chi connectivity index (χ0v) is 12.3. The molecule has 0 aliphatic heterocycles. The number of hydrogen-bond donors (Lipinski definition) is 1. The maximum absolute atomic E-state index is 6.00. The van der Waals surface area contributed by atoms with E-state index in [1.54, 1.807) is 13.2 Å². The van der Waals surface area contributed by atoms with Crippen molar-refractivity contribution in [3.05, 3.63) is 52.7 Å². The van der Waals surface area contributed by atoms with Crippen LogP contribution in [0.2, 0.25) is 5.02 Å². The second-order valence-corrected chi connectivity index (χ2v) is 4.68. The van der Waals surface area contributed by atoms with Gasteiger partial charge in [-0.05, 0) is 31.3 Å². The molecule has 0 atom stereocenters. The van der Waals surface area contributed by atoms with Crippen LogP contribution in [0.15, 0.2) is 36.4 Å². The maximum atomic E-state index is 6.00. The normalized spacial score (nSPS) is 10.3. The van der Waals surface area contributed by atoms with Gasteiger partial charge in [0.15, 0.2) is 0 Å². The van der Waals surface area contributed by atoms with Crippen molar-refractivity contribution in [2.45, 2.75) is 13.2 Å². The standard InChI is InChI=1S/C15H17ClN2O2/c1-17-9-11-8-12(16)6-7-14(11)20-10-13-4-3-5-15(18-13)19-2/h3-8,17H,9-10H2,1-2H3. The summed E-state index contributed by atoms with van der Waals surface area (Å²) in [6.07, 6.45) is 0. The van der Waals surface area contributed by atoms with Gasteiger partial charge in [-0.15, -0.1) is 0 Å². The van der Waals surface area contributed by atoms with E-state index in [9.17, 15) is 0 Å². The van der Waals surface area contributed by atoms with E-state index in [-0.39, 0.29) is 0 Å². The summed E-state index contributed by atoms with van der Waals surface area (Å²) in [5.74, 6) is 1.38. The number of aromatic nitrogens is 1. The topological polar surface area (TPSA) is 43.4 Å². The van der Waals surface area contributed by atoms with Crippen LogP contribution in [0.1, 0.15) is 11.3 Å². The van der Waals surface area contributed by atoms with Crippen LogP contribution in [-0.4, -0.2) is 19.1 Å². The van der Waals surface area contributed by atoms with Gasteiger partial charge in [0, 0.05) is 23.2 Å². The summed E-state index contributed by atoms with van der Waals surface area (Å²) in [5.41, 5.74) is 1.83. The monoisotopic (exact) mass is 292 g/mol. The highest BCUT2D eigenvalue weighted by Crippen LogP contribution is 2.23. The Bertz CT molecular complexity index is 576. The highest BCUT2D eigenvalue weighted by atomic mass is 35.5. The van der Waals surface area contributed by atoms with E-state index in [0.29, 0.717) is 24.1 Å². The Balaban J connectivity index is 2.09. The van der Waals surface area contributed by atoms with Crippen LogP contribution in [-0.2, 0) is 13.2 Å². The number of benzene rings is 1. The first-order chi connectivity index (χ1) is 9.72. The summed E-state index contributed by atoms with van der Waals surface area (Å²) >= 11 is 6.00. The lowest BCUT2D eigenvalue weighted by Gasteiger charge is -2.12. The molecule has 0 aliphatic rings. The molecule has 4 nitrogen and oxygen atoms in total. The number of rotatable bonds is 6. The van der Waals surface area contributed by atoms with Crippen LogP contribution < -0.4 is 14.8 Å². The summed E-state index contributed by atoms with van der Waals surface area (Å²) in [7, 11) is 3.48. The van der Waals surface area contributed by atoms with E-state index in [1.165, 1.54) is 0 Å². The minimum absolute atomic E-state index is 0.384. The van der Waals surface area contributed by atoms with Crippen LogP contribution >= 0.6 is 11.6 Å². The predicted molar refractivity (Wildman–Crippen MR) is 79.3 cm³/mol. The van der Waals surface area contributed by atoms with Gasteiger partial charge in [-0.3, -0.25) is 0 Å². The third kappa shape index (κ3) is 3.85. The number of halogens is 1. The zero-order valence-electron chi connectivity index (χ0n) is 11.5. The minimum atomic E-state index is 0.384. The number of nitrogens with zero attached hydrogens (tertiary/aromatic N) is 1. The largest absolute Gasteiger partial charge is 0.487 e. The second-order valence-electron chi connectivity index (χ2n) is 4.24. The van der Waals surface area contributed by atoms with Crippen molar-refractivity contribution in [3.63, 3.8) is 0 Å². The van der Waals surface area contributed by atoms with Crippen molar-refractivity contribution in [2.24, 2.45) is 0 Å². The fraction of sp³-hybridized carbons (Fsp3) is 0.267. The molecule has 1 aromatic carbocycles. The Morgan fingerprint density at radius 3 is 2.85 bits per heavy atom. The van der Waals surface area contributed by atoms with E-state index in [4.69, 9.17) is 21.1 Å². The molecule has 0 spiro atoms. The van der Waals surface area contributed by atoms with Crippen molar-refractivity contribution in [1.29, 1.82) is 0 Å². The molecule has 0 unspecified atom stereocenters. The van der Waals surface area contributed by atoms with Gasteiger partial charge in [0.25, 0.3) is 0 Å². The first-order valence-corrected chi connectivity index (χ1v) is 6.66. The van der Waals surface area contributed by atoms with Gasteiger partial charge in [-0.1, -0.05) is 17.7 Å². The molecule has 1 heterocycles. The first kappa shape index (κ1) is 14.6. The second kappa shape index (κ2) is 7.12. The Morgan fingerprint density at radius 1 is 1.25 bits per heavy atom. The van der Waals surface area contributed by atoms with E-state index in [0.717, 1.165) is 17.0 Å². The maximum Gasteiger partial charge on any atom is 0.213 e. The average molecular weight is 293 g/mol. The summed E-state index contributed by atoms with van der Waals surface area (Å²) in [4.78, 5) is 4.31. The van der Waals surface area contributed by atoms with Gasteiger partial charge >= 0.3 is 0 Å². The molecule has 2 rings (SSSR count). The fourth-order valence-corrected chi connectivity index (χ4v) is 2.02. The Morgan fingerprint density at radius 2 is 2.10 bits per heavy atom. The van der Waals surface area contributed by atoms with Crippen molar-refractivity contribution >= 4 is 11.6 Å². The summed E-state index contributed by atoms with van der Waals surface area (Å²) in [5, 5.41) is 3.79. The molecule has 0 bridgehead atoms. The molecule has 0 fully saturated rings. The van der Waals surface area contributed by atoms with Crippen molar-refractivity contribution in [1.82, 2.24) is 10.3 Å². The zero-order chi connectivity index (χ0) is 14.4. The van der Waals surface area contributed by atoms with Gasteiger partial charge in [-0.2, -0.15) is 0 Å². The molecular weight excluding hydrogens is 276 g/mol. The molecule has 20 heavy (non-hydrogen) atoms. The van der Waals surface area contributed by atoms with Gasteiger partial charge in [-0.25, -0.2) is 4.98 Å². The molecule has 5 heteroatoms. The van der Waals surface area contributed by atoms with Crippen molar-refractivity contribution in [2.75, 3.05) is 14.2 Å². The molecule has 0 amide bonds. The lowest BCUT2D eigenvalue weighted by molar-refractivity contribution is 0.294. The van der Waals surface area contributed by atoms with Crippen molar-refractivity contribution < 1.29 is 9.47 Å². The SMILES string of the molecule is CNCc1cc(Cl)ccc1OCc1cccc(OC)n1. The number of pyridine rings is 1. The highest BCUT2D eigenvalue weighted by molar-refractivity contribution is 6.30. The van der Waals surface area contributed by atoms with Crippen LogP contribution in [0.5, 0.6) is 11.6 Å². The van der Waals surface area contributed by atoms with E-state index >= 15 is 0 Å². The Hall–Kier alpha value is -1.78. The molecule has 0 saturated heterocycles. The molecule has 0 aliphatic carbocycles. The number of ether oxygens (including phenoxy) is 2. The quantitative estimate of drug-likeness (QED) is 0.889. The molecular formula is C15H17ClN2O2. The Labute approximate surface area is 123 Å². The first-order valence-electron chi connectivity index (χ1n) is 6.28. The summed E-state index contributed by atoms with van der Waals surface area (Å²) in [6, 6.07) is 11.2. The lowest BCUT2D eigenvalue weighted by atomic mass is 10.2. The molecule has 2 aromatic rings. The third-order valence-electron chi connectivity index (χ3n) is 2.76. The summed E-state index contributed by atoms with van der Waals surface area (Å²) < 4.78 is 10.9. The number of methoxy groups -OCH3 is 1. The predicted octanol–water partition coefficient (Wildman–Crippen LogP) is 3.04. The van der Waals surface area contributed by atoms with Gasteiger partial charge in [0.1, 0.15) is 12.4 Å². The van der Waals surface area contributed by atoms with Crippen LogP contribution in [0.3, 0.4) is 0 Å². The van der Waals surface area contributed by atoms with E-state index in [1.807, 2.05) is 37.4 Å².